The summed E-state index contributed by atoms with van der Waals surface area (Å²) in [4.78, 5) is 19.1. The second-order valence-electron chi connectivity index (χ2n) is 4.51. The highest BCUT2D eigenvalue weighted by atomic mass is 35.5. The van der Waals surface area contributed by atoms with Crippen molar-refractivity contribution in [3.8, 4) is 0 Å². The molecule has 1 aliphatic rings. The summed E-state index contributed by atoms with van der Waals surface area (Å²) in [5.41, 5.74) is 5.44. The number of nitrogens with zero attached hydrogens (tertiary/aromatic N) is 2. The summed E-state index contributed by atoms with van der Waals surface area (Å²) in [6, 6.07) is 0. The Morgan fingerprint density at radius 1 is 1.64 bits per heavy atom. The van der Waals surface area contributed by atoms with E-state index in [9.17, 15) is 14.3 Å². The highest BCUT2D eigenvalue weighted by Gasteiger charge is 2.41. The maximum absolute atomic E-state index is 14.8. The van der Waals surface area contributed by atoms with Crippen LogP contribution in [0.4, 0.5) is 10.2 Å². The molecule has 2 atom stereocenters. The Bertz CT molecular complexity index is 705. The van der Waals surface area contributed by atoms with Crippen LogP contribution >= 0.6 is 11.6 Å². The van der Waals surface area contributed by atoms with Gasteiger partial charge in [-0.15, -0.1) is 0 Å². The number of anilines is 1. The Kier molecular flexibility index (Phi) is 4.30. The van der Waals surface area contributed by atoms with Crippen molar-refractivity contribution >= 4 is 29.5 Å². The molecule has 0 spiro atoms. The summed E-state index contributed by atoms with van der Waals surface area (Å²) in [5, 5.41) is 9.35. The molecule has 0 radical (unpaired) electrons. The molecule has 8 heteroatoms. The average Bonchev–Trinajstić information content (AvgIpc) is 2.46. The maximum atomic E-state index is 14.8. The quantitative estimate of drug-likeness (QED) is 0.882. The Labute approximate surface area is 130 Å². The van der Waals surface area contributed by atoms with Gasteiger partial charge >= 0.3 is 5.97 Å². The normalized spacial score (nSPS) is 24.0. The van der Waals surface area contributed by atoms with Gasteiger partial charge in [-0.2, -0.15) is 0 Å². The predicted octanol–water partition coefficient (Wildman–Crippen LogP) is 2.49. The van der Waals surface area contributed by atoms with Gasteiger partial charge in [0.2, 0.25) is 5.85 Å². The Morgan fingerprint density at radius 2 is 2.32 bits per heavy atom. The number of carboxylic acids is 1. The van der Waals surface area contributed by atoms with Gasteiger partial charge in [-0.3, -0.25) is 0 Å². The first kappa shape index (κ1) is 16.1. The van der Waals surface area contributed by atoms with Crippen molar-refractivity contribution in [1.29, 1.82) is 0 Å². The van der Waals surface area contributed by atoms with Crippen molar-refractivity contribution in [3.05, 3.63) is 46.9 Å². The van der Waals surface area contributed by atoms with Crippen molar-refractivity contribution in [1.82, 2.24) is 9.97 Å². The third-order valence-electron chi connectivity index (χ3n) is 3.20. The van der Waals surface area contributed by atoms with Gasteiger partial charge < -0.3 is 15.6 Å². The van der Waals surface area contributed by atoms with Crippen LogP contribution in [0, 0.1) is 0 Å². The second kappa shape index (κ2) is 5.86. The van der Waals surface area contributed by atoms with Crippen LogP contribution in [0.3, 0.4) is 0 Å². The van der Waals surface area contributed by atoms with Crippen LogP contribution in [0.1, 0.15) is 27.8 Å². The van der Waals surface area contributed by atoms with E-state index in [2.05, 4.69) is 16.5 Å². The van der Waals surface area contributed by atoms with Crippen molar-refractivity contribution in [3.63, 3.8) is 0 Å². The van der Waals surface area contributed by atoms with E-state index in [-0.39, 0.29) is 27.9 Å². The Hall–Kier alpha value is -2.25. The van der Waals surface area contributed by atoms with Crippen LogP contribution in [0.2, 0.25) is 0 Å². The average molecular weight is 326 g/mol. The molecule has 22 heavy (non-hydrogen) atoms. The van der Waals surface area contributed by atoms with Gasteiger partial charge in [0.15, 0.2) is 5.69 Å². The second-order valence-corrected chi connectivity index (χ2v) is 4.94. The topological polar surface area (TPSA) is 98.3 Å². The lowest BCUT2D eigenvalue weighted by Crippen LogP contribution is -2.34. The van der Waals surface area contributed by atoms with Crippen LogP contribution in [0.5, 0.6) is 0 Å². The number of rotatable bonds is 4. The lowest BCUT2D eigenvalue weighted by atomic mass is 9.93. The number of carbonyl (C=O) groups is 1. The summed E-state index contributed by atoms with van der Waals surface area (Å²) < 4.78 is 19.7. The zero-order chi connectivity index (χ0) is 16.5. The fourth-order valence-electron chi connectivity index (χ4n) is 2.10. The summed E-state index contributed by atoms with van der Waals surface area (Å²) in [7, 11) is 1.16. The zero-order valence-corrected chi connectivity index (χ0v) is 12.3. The summed E-state index contributed by atoms with van der Waals surface area (Å²) in [6.45, 7) is 3.47. The van der Waals surface area contributed by atoms with Crippen molar-refractivity contribution in [2.24, 2.45) is 0 Å². The number of allylic oxidation sites excluding steroid dienone is 2. The van der Waals surface area contributed by atoms with Crippen LogP contribution in [-0.2, 0) is 4.74 Å². The van der Waals surface area contributed by atoms with Gasteiger partial charge in [0.1, 0.15) is 17.6 Å². The van der Waals surface area contributed by atoms with E-state index >= 15 is 0 Å². The SMILES string of the molecule is C=Cc1c(N)nc(C2C=CC(Cl)=CC2(F)OC)nc1C(=O)O. The van der Waals surface area contributed by atoms with Crippen molar-refractivity contribution in [2.75, 3.05) is 12.8 Å². The third kappa shape index (κ3) is 2.72. The molecule has 3 N–H and O–H groups in total. The fraction of sp³-hybridized carbons (Fsp3) is 0.214. The minimum absolute atomic E-state index is 0.0755. The molecule has 0 fully saturated rings. The number of ether oxygens (including phenoxy) is 1. The van der Waals surface area contributed by atoms with E-state index in [1.807, 2.05) is 0 Å². The van der Waals surface area contributed by atoms with Gasteiger partial charge in [-0.05, 0) is 12.2 Å². The lowest BCUT2D eigenvalue weighted by molar-refractivity contribution is -0.0918. The summed E-state index contributed by atoms with van der Waals surface area (Å²) >= 11 is 5.77. The molecular weight excluding hydrogens is 313 g/mol. The molecule has 116 valence electrons. The molecule has 1 heterocycles. The van der Waals surface area contributed by atoms with Gasteiger partial charge in [-0.25, -0.2) is 19.2 Å². The lowest BCUT2D eigenvalue weighted by Gasteiger charge is -2.29. The Balaban J connectivity index is 2.60. The number of aromatic nitrogens is 2. The van der Waals surface area contributed by atoms with Crippen LogP contribution in [-0.4, -0.2) is 34.0 Å². The number of halogens is 2. The van der Waals surface area contributed by atoms with Gasteiger partial charge in [-0.1, -0.05) is 30.3 Å². The number of methoxy groups -OCH3 is 1. The largest absolute Gasteiger partial charge is 0.476 e. The molecule has 6 nitrogen and oxygen atoms in total. The molecule has 0 aliphatic heterocycles. The summed E-state index contributed by atoms with van der Waals surface area (Å²) in [6.07, 6.45) is 5.12. The molecule has 0 saturated carbocycles. The molecule has 1 aromatic heterocycles. The highest BCUT2D eigenvalue weighted by molar-refractivity contribution is 6.31. The predicted molar refractivity (Wildman–Crippen MR) is 80.2 cm³/mol. The first-order valence-corrected chi connectivity index (χ1v) is 6.54. The number of nitrogen functional groups attached to an aromatic ring is 1. The maximum Gasteiger partial charge on any atom is 0.355 e. The number of alkyl halides is 1. The van der Waals surface area contributed by atoms with Crippen LogP contribution in [0.25, 0.3) is 6.08 Å². The van der Waals surface area contributed by atoms with E-state index in [4.69, 9.17) is 22.1 Å². The molecule has 0 aromatic carbocycles. The van der Waals surface area contributed by atoms with Crippen LogP contribution < -0.4 is 5.73 Å². The van der Waals surface area contributed by atoms with E-state index in [0.717, 1.165) is 13.2 Å². The molecule has 1 aromatic rings. The van der Waals surface area contributed by atoms with E-state index < -0.39 is 17.7 Å². The third-order valence-corrected chi connectivity index (χ3v) is 3.43. The van der Waals surface area contributed by atoms with Crippen LogP contribution in [0.15, 0.2) is 29.8 Å². The monoisotopic (exact) mass is 325 g/mol. The number of nitrogens with two attached hydrogens (primary N) is 1. The fourth-order valence-corrected chi connectivity index (χ4v) is 2.32. The molecule has 2 unspecified atom stereocenters. The first-order chi connectivity index (χ1) is 10.3. The van der Waals surface area contributed by atoms with E-state index in [1.54, 1.807) is 0 Å². The molecule has 1 aliphatic carbocycles. The first-order valence-electron chi connectivity index (χ1n) is 6.16. The van der Waals surface area contributed by atoms with Gasteiger partial charge in [0.25, 0.3) is 0 Å². The van der Waals surface area contributed by atoms with Gasteiger partial charge in [0, 0.05) is 17.7 Å². The van der Waals surface area contributed by atoms with Crippen molar-refractivity contribution < 1.29 is 19.0 Å². The zero-order valence-electron chi connectivity index (χ0n) is 11.6. The van der Waals surface area contributed by atoms with Crippen molar-refractivity contribution in [2.45, 2.75) is 11.8 Å². The smallest absolute Gasteiger partial charge is 0.355 e. The molecule has 0 amide bonds. The number of carboxylic acid groups (broad SMARTS) is 1. The standard InChI is InChI=1S/C14H13ClFN3O3/c1-3-8-10(13(20)21)18-12(19-11(8)17)9-5-4-7(15)6-14(9,16)22-2/h3-6,9H,1H2,2H3,(H,20,21)(H2,17,18,19). The number of hydrogen-bond donors (Lipinski definition) is 2. The molecule has 0 bridgehead atoms. The minimum Gasteiger partial charge on any atom is -0.476 e. The molecular formula is C14H13ClFN3O3. The molecule has 0 saturated heterocycles. The van der Waals surface area contributed by atoms with E-state index in [0.29, 0.717) is 0 Å². The highest BCUT2D eigenvalue weighted by Crippen LogP contribution is 2.39. The van der Waals surface area contributed by atoms with E-state index in [1.165, 1.54) is 18.2 Å². The van der Waals surface area contributed by atoms with Gasteiger partial charge in [0.05, 0.1) is 0 Å². The Morgan fingerprint density at radius 3 is 2.86 bits per heavy atom. The number of aromatic carboxylic acids is 1. The minimum atomic E-state index is -2.30. The number of hydrogen-bond acceptors (Lipinski definition) is 5. The molecule has 2 rings (SSSR count). The summed E-state index contributed by atoms with van der Waals surface area (Å²) in [5.74, 6) is -4.94.